The Morgan fingerprint density at radius 3 is 1.77 bits per heavy atom. The first-order valence-electron chi connectivity index (χ1n) is 4.04. The SMILES string of the molecule is Cc1csc(N)n1.c1cc2ccc1=2. The average Bonchev–Trinajstić information content (AvgIpc) is 2.43. The van der Waals surface area contributed by atoms with Crippen molar-refractivity contribution < 1.29 is 0 Å². The predicted octanol–water partition coefficient (Wildman–Crippen LogP) is 2.32. The van der Waals surface area contributed by atoms with Gasteiger partial charge >= 0.3 is 0 Å². The van der Waals surface area contributed by atoms with Crippen molar-refractivity contribution in [2.24, 2.45) is 0 Å². The Morgan fingerprint density at radius 1 is 1.15 bits per heavy atom. The molecule has 0 saturated heterocycles. The van der Waals surface area contributed by atoms with E-state index in [1.165, 1.54) is 21.8 Å². The summed E-state index contributed by atoms with van der Waals surface area (Å²) in [5.41, 5.74) is 6.29. The van der Waals surface area contributed by atoms with Crippen LogP contribution in [0.3, 0.4) is 0 Å². The van der Waals surface area contributed by atoms with Gasteiger partial charge in [-0.1, -0.05) is 24.3 Å². The van der Waals surface area contributed by atoms with Crippen LogP contribution in [-0.2, 0) is 0 Å². The summed E-state index contributed by atoms with van der Waals surface area (Å²) >= 11 is 1.47. The number of aromatic nitrogens is 1. The molecule has 0 radical (unpaired) electrons. The maximum absolute atomic E-state index is 5.29. The summed E-state index contributed by atoms with van der Waals surface area (Å²) in [4.78, 5) is 3.91. The van der Waals surface area contributed by atoms with Crippen LogP contribution < -0.4 is 5.73 Å². The Bertz CT molecular complexity index is 435. The van der Waals surface area contributed by atoms with Crippen LogP contribution in [0.4, 0.5) is 5.13 Å². The molecule has 1 aromatic heterocycles. The first kappa shape index (κ1) is 8.26. The van der Waals surface area contributed by atoms with Gasteiger partial charge in [-0.05, 0) is 17.4 Å². The molecule has 2 aliphatic carbocycles. The molecule has 0 aliphatic heterocycles. The molecule has 0 unspecified atom stereocenters. The molecule has 0 aromatic carbocycles. The molecule has 0 fully saturated rings. The van der Waals surface area contributed by atoms with Crippen molar-refractivity contribution in [1.29, 1.82) is 0 Å². The van der Waals surface area contributed by atoms with E-state index in [0.29, 0.717) is 5.13 Å². The van der Waals surface area contributed by atoms with Crippen molar-refractivity contribution >= 4 is 16.5 Å². The molecule has 0 saturated carbocycles. The fourth-order valence-electron chi connectivity index (χ4n) is 1.03. The number of hydrogen-bond acceptors (Lipinski definition) is 3. The molecule has 2 nitrogen and oxygen atoms in total. The summed E-state index contributed by atoms with van der Waals surface area (Å²) in [6.45, 7) is 1.92. The number of aryl methyl sites for hydroxylation is 1. The van der Waals surface area contributed by atoms with Crippen LogP contribution in [0.15, 0.2) is 29.6 Å². The van der Waals surface area contributed by atoms with E-state index < -0.39 is 0 Å². The molecular formula is C10H10N2S. The van der Waals surface area contributed by atoms with E-state index in [-0.39, 0.29) is 0 Å². The zero-order chi connectivity index (χ0) is 9.26. The number of nitrogen functional groups attached to an aromatic ring is 1. The fraction of sp³-hybridized carbons (Fsp3) is 0.100. The van der Waals surface area contributed by atoms with Crippen LogP contribution in [0, 0.1) is 17.4 Å². The maximum Gasteiger partial charge on any atom is 0.180 e. The summed E-state index contributed by atoms with van der Waals surface area (Å²) in [6, 6.07) is 8.48. The maximum atomic E-state index is 5.29. The monoisotopic (exact) mass is 190 g/mol. The molecule has 2 aliphatic rings. The van der Waals surface area contributed by atoms with E-state index in [1.807, 2.05) is 12.3 Å². The van der Waals surface area contributed by atoms with Gasteiger partial charge in [0.25, 0.3) is 0 Å². The van der Waals surface area contributed by atoms with E-state index in [4.69, 9.17) is 5.73 Å². The average molecular weight is 190 g/mol. The fourth-order valence-corrected chi connectivity index (χ4v) is 1.58. The third-order valence-electron chi connectivity index (χ3n) is 1.86. The number of nitrogens with zero attached hydrogens (tertiary/aromatic N) is 1. The largest absolute Gasteiger partial charge is 0.375 e. The van der Waals surface area contributed by atoms with Gasteiger partial charge in [0.2, 0.25) is 0 Å². The lowest BCUT2D eigenvalue weighted by Crippen LogP contribution is -1.80. The number of thiazole rings is 1. The minimum Gasteiger partial charge on any atom is -0.375 e. The van der Waals surface area contributed by atoms with Gasteiger partial charge in [-0.2, -0.15) is 0 Å². The highest BCUT2D eigenvalue weighted by molar-refractivity contribution is 7.13. The molecule has 1 heterocycles. The molecular weight excluding hydrogens is 180 g/mol. The highest BCUT2D eigenvalue weighted by Gasteiger charge is 1.89. The third kappa shape index (κ3) is 1.70. The van der Waals surface area contributed by atoms with Crippen molar-refractivity contribution in [3.8, 4) is 0 Å². The van der Waals surface area contributed by atoms with E-state index in [9.17, 15) is 0 Å². The highest BCUT2D eigenvalue weighted by Crippen LogP contribution is 2.08. The zero-order valence-electron chi connectivity index (χ0n) is 7.32. The van der Waals surface area contributed by atoms with Crippen LogP contribution in [0.2, 0.25) is 0 Å². The zero-order valence-corrected chi connectivity index (χ0v) is 8.14. The summed E-state index contributed by atoms with van der Waals surface area (Å²) in [5, 5.41) is 5.43. The van der Waals surface area contributed by atoms with Crippen molar-refractivity contribution in [1.82, 2.24) is 4.98 Å². The van der Waals surface area contributed by atoms with Crippen LogP contribution in [0.5, 0.6) is 0 Å². The topological polar surface area (TPSA) is 38.9 Å². The van der Waals surface area contributed by atoms with E-state index >= 15 is 0 Å². The van der Waals surface area contributed by atoms with Crippen molar-refractivity contribution in [3.05, 3.63) is 45.8 Å². The Hall–Kier alpha value is -1.35. The molecule has 0 atom stereocenters. The van der Waals surface area contributed by atoms with E-state index in [2.05, 4.69) is 29.2 Å². The van der Waals surface area contributed by atoms with E-state index in [1.54, 1.807) is 0 Å². The van der Waals surface area contributed by atoms with Crippen LogP contribution >= 0.6 is 11.3 Å². The second-order valence-electron chi connectivity index (χ2n) is 2.90. The van der Waals surface area contributed by atoms with Gasteiger partial charge in [-0.15, -0.1) is 11.3 Å². The molecule has 0 bridgehead atoms. The number of rotatable bonds is 0. The molecule has 3 rings (SSSR count). The summed E-state index contributed by atoms with van der Waals surface area (Å²) in [6.07, 6.45) is 0. The lowest BCUT2D eigenvalue weighted by atomic mass is 10.1. The van der Waals surface area contributed by atoms with Gasteiger partial charge in [-0.3, -0.25) is 0 Å². The van der Waals surface area contributed by atoms with Crippen LogP contribution in [0.25, 0.3) is 0 Å². The summed E-state index contributed by atoms with van der Waals surface area (Å²) in [7, 11) is 0. The quantitative estimate of drug-likeness (QED) is 0.591. The first-order valence-corrected chi connectivity index (χ1v) is 4.92. The minimum absolute atomic E-state index is 0.650. The molecule has 66 valence electrons. The second kappa shape index (κ2) is 3.18. The Morgan fingerprint density at radius 2 is 1.69 bits per heavy atom. The van der Waals surface area contributed by atoms with Crippen LogP contribution in [0.1, 0.15) is 5.69 Å². The Labute approximate surface area is 80.4 Å². The second-order valence-corrected chi connectivity index (χ2v) is 3.79. The standard InChI is InChI=1S/C6H4.C4H6N2S/c1-2-6-4-3-5(1)6;1-3-2-7-4(5)6-3/h1-4H;2H,1H3,(H2,5,6). The first-order chi connectivity index (χ1) is 6.25. The molecule has 3 heteroatoms. The molecule has 13 heavy (non-hydrogen) atoms. The van der Waals surface area contributed by atoms with Crippen molar-refractivity contribution in [2.75, 3.05) is 5.73 Å². The number of hydrogen-bond donors (Lipinski definition) is 1. The smallest absolute Gasteiger partial charge is 0.180 e. The van der Waals surface area contributed by atoms with Gasteiger partial charge in [0.1, 0.15) is 0 Å². The molecule has 2 N–H and O–H groups in total. The van der Waals surface area contributed by atoms with Gasteiger partial charge in [-0.25, -0.2) is 4.98 Å². The predicted molar refractivity (Wildman–Crippen MR) is 55.4 cm³/mol. The van der Waals surface area contributed by atoms with Gasteiger partial charge in [0, 0.05) is 5.38 Å². The van der Waals surface area contributed by atoms with E-state index in [0.717, 1.165) is 5.69 Å². The van der Waals surface area contributed by atoms with Crippen molar-refractivity contribution in [2.45, 2.75) is 6.92 Å². The summed E-state index contributed by atoms with van der Waals surface area (Å²) in [5.74, 6) is 0. The highest BCUT2D eigenvalue weighted by atomic mass is 32.1. The lowest BCUT2D eigenvalue weighted by molar-refractivity contribution is 1.27. The normalized spacial score (nSPS) is 10.2. The Balaban J connectivity index is 0.000000101. The third-order valence-corrected chi connectivity index (χ3v) is 2.65. The van der Waals surface area contributed by atoms with Gasteiger partial charge in [0.15, 0.2) is 5.13 Å². The number of benzene rings is 1. The lowest BCUT2D eigenvalue weighted by Gasteiger charge is -1.95. The van der Waals surface area contributed by atoms with Crippen molar-refractivity contribution in [3.63, 3.8) is 0 Å². The summed E-state index contributed by atoms with van der Waals surface area (Å²) < 4.78 is 0. The Kier molecular flexibility index (Phi) is 2.02. The number of nitrogens with two attached hydrogens (primary N) is 1. The van der Waals surface area contributed by atoms with Crippen LogP contribution in [-0.4, -0.2) is 4.98 Å². The molecule has 0 spiro atoms. The van der Waals surface area contributed by atoms with Gasteiger partial charge in [0.05, 0.1) is 5.69 Å². The molecule has 0 amide bonds. The number of anilines is 1. The van der Waals surface area contributed by atoms with Gasteiger partial charge < -0.3 is 5.73 Å². The minimum atomic E-state index is 0.650. The molecule has 1 aromatic rings.